The molecule has 3 aromatic rings. The molecule has 0 fully saturated rings. The van der Waals surface area contributed by atoms with E-state index in [-0.39, 0.29) is 17.8 Å². The number of hydrogen-bond donors (Lipinski definition) is 1. The van der Waals surface area contributed by atoms with Crippen LogP contribution in [-0.2, 0) is 9.63 Å². The third kappa shape index (κ3) is 3.13. The van der Waals surface area contributed by atoms with Gasteiger partial charge in [-0.2, -0.15) is 0 Å². The summed E-state index contributed by atoms with van der Waals surface area (Å²) in [6, 6.07) is 6.48. The van der Waals surface area contributed by atoms with Crippen molar-refractivity contribution in [1.82, 2.24) is 25.0 Å². The molecule has 10 nitrogen and oxygen atoms in total. The first-order chi connectivity index (χ1) is 12.5. The predicted molar refractivity (Wildman–Crippen MR) is 87.7 cm³/mol. The lowest BCUT2D eigenvalue weighted by atomic mass is 10.1. The van der Waals surface area contributed by atoms with Gasteiger partial charge in [0.25, 0.3) is 5.91 Å². The molecule has 2 heterocycles. The van der Waals surface area contributed by atoms with Gasteiger partial charge in [0.1, 0.15) is 12.8 Å². The second-order valence-corrected chi connectivity index (χ2v) is 5.13. The zero-order chi connectivity index (χ0) is 18.7. The quantitative estimate of drug-likeness (QED) is 0.506. The van der Waals surface area contributed by atoms with Gasteiger partial charge in [-0.15, -0.1) is 5.10 Å². The van der Waals surface area contributed by atoms with Gasteiger partial charge in [-0.1, -0.05) is 5.21 Å². The number of pyridine rings is 1. The number of fused-ring (bicyclic) bond motifs is 1. The Bertz CT molecular complexity index is 1000. The number of aldehydes is 1. The number of carboxylic acids is 1. The summed E-state index contributed by atoms with van der Waals surface area (Å²) in [5.74, 6) is -1.70. The minimum Gasteiger partial charge on any atom is -0.476 e. The van der Waals surface area contributed by atoms with Gasteiger partial charge in [-0.3, -0.25) is 14.6 Å². The Morgan fingerprint density at radius 1 is 1.35 bits per heavy atom. The fourth-order valence-electron chi connectivity index (χ4n) is 2.39. The number of carbonyl (C=O) groups is 3. The number of aromatic carboxylic acids is 1. The van der Waals surface area contributed by atoms with Gasteiger partial charge in [0.15, 0.2) is 5.69 Å². The highest BCUT2D eigenvalue weighted by Gasteiger charge is 2.19. The Balaban J connectivity index is 2.09. The van der Waals surface area contributed by atoms with Crippen LogP contribution in [0, 0.1) is 0 Å². The van der Waals surface area contributed by atoms with E-state index in [0.29, 0.717) is 22.9 Å². The smallest absolute Gasteiger partial charge is 0.358 e. The van der Waals surface area contributed by atoms with E-state index in [1.807, 2.05) is 0 Å². The molecule has 3 rings (SSSR count). The molecule has 0 saturated carbocycles. The number of rotatable bonds is 6. The molecule has 132 valence electrons. The van der Waals surface area contributed by atoms with Crippen LogP contribution in [0.15, 0.2) is 36.7 Å². The lowest BCUT2D eigenvalue weighted by Gasteiger charge is -2.17. The van der Waals surface area contributed by atoms with E-state index in [4.69, 9.17) is 9.94 Å². The molecule has 1 N–H and O–H groups in total. The lowest BCUT2D eigenvalue weighted by Crippen LogP contribution is -2.31. The van der Waals surface area contributed by atoms with E-state index in [2.05, 4.69) is 15.3 Å². The van der Waals surface area contributed by atoms with Crippen molar-refractivity contribution in [3.8, 4) is 5.69 Å². The SMILES string of the molecule is CON(CC=O)C(=O)c1ccnc2ccc(-n3cc(C(=O)O)nn3)cc12. The molecule has 0 spiro atoms. The van der Waals surface area contributed by atoms with Crippen molar-refractivity contribution in [3.05, 3.63) is 47.9 Å². The number of hydrogen-bond acceptors (Lipinski definition) is 7. The third-order valence-corrected chi connectivity index (χ3v) is 3.62. The van der Waals surface area contributed by atoms with Crippen LogP contribution in [0.3, 0.4) is 0 Å². The zero-order valence-electron chi connectivity index (χ0n) is 13.6. The van der Waals surface area contributed by atoms with Crippen molar-refractivity contribution < 1.29 is 24.3 Å². The second kappa shape index (κ2) is 7.07. The topological polar surface area (TPSA) is 128 Å². The van der Waals surface area contributed by atoms with Crippen LogP contribution in [0.5, 0.6) is 0 Å². The van der Waals surface area contributed by atoms with E-state index < -0.39 is 11.9 Å². The fourth-order valence-corrected chi connectivity index (χ4v) is 2.39. The highest BCUT2D eigenvalue weighted by molar-refractivity contribution is 6.06. The first kappa shape index (κ1) is 17.2. The number of aromatic nitrogens is 4. The van der Waals surface area contributed by atoms with Gasteiger partial charge in [0.2, 0.25) is 0 Å². The highest BCUT2D eigenvalue weighted by Crippen LogP contribution is 2.22. The zero-order valence-corrected chi connectivity index (χ0v) is 13.6. The van der Waals surface area contributed by atoms with Gasteiger partial charge in [-0.25, -0.2) is 14.5 Å². The second-order valence-electron chi connectivity index (χ2n) is 5.13. The summed E-state index contributed by atoms with van der Waals surface area (Å²) in [4.78, 5) is 43.4. The third-order valence-electron chi connectivity index (χ3n) is 3.62. The van der Waals surface area contributed by atoms with E-state index in [1.54, 1.807) is 18.2 Å². The highest BCUT2D eigenvalue weighted by atomic mass is 16.7. The van der Waals surface area contributed by atoms with Crippen molar-refractivity contribution in [3.63, 3.8) is 0 Å². The Morgan fingerprint density at radius 2 is 2.15 bits per heavy atom. The van der Waals surface area contributed by atoms with Crippen LogP contribution in [0.2, 0.25) is 0 Å². The first-order valence-electron chi connectivity index (χ1n) is 7.39. The van der Waals surface area contributed by atoms with Crippen LogP contribution in [0.1, 0.15) is 20.8 Å². The summed E-state index contributed by atoms with van der Waals surface area (Å²) < 4.78 is 1.28. The van der Waals surface area contributed by atoms with Crippen LogP contribution < -0.4 is 0 Å². The Morgan fingerprint density at radius 3 is 2.81 bits per heavy atom. The van der Waals surface area contributed by atoms with E-state index in [1.165, 1.54) is 30.3 Å². The van der Waals surface area contributed by atoms with E-state index >= 15 is 0 Å². The molecular weight excluding hydrogens is 342 g/mol. The van der Waals surface area contributed by atoms with Crippen molar-refractivity contribution in [2.45, 2.75) is 0 Å². The van der Waals surface area contributed by atoms with E-state index in [0.717, 1.165) is 5.06 Å². The van der Waals surface area contributed by atoms with Gasteiger partial charge in [-0.05, 0) is 24.3 Å². The molecular formula is C16H13N5O5. The number of carbonyl (C=O) groups excluding carboxylic acids is 2. The molecule has 0 unspecified atom stereocenters. The molecule has 0 aliphatic carbocycles. The molecule has 26 heavy (non-hydrogen) atoms. The minimum absolute atomic E-state index is 0.205. The molecule has 0 aliphatic heterocycles. The average Bonchev–Trinajstić information content (AvgIpc) is 3.15. The molecule has 1 amide bonds. The maximum absolute atomic E-state index is 12.6. The summed E-state index contributed by atoms with van der Waals surface area (Å²) >= 11 is 0. The van der Waals surface area contributed by atoms with Crippen molar-refractivity contribution >= 4 is 29.1 Å². The average molecular weight is 355 g/mol. The van der Waals surface area contributed by atoms with Gasteiger partial charge in [0, 0.05) is 11.6 Å². The number of amides is 1. The molecule has 0 atom stereocenters. The maximum atomic E-state index is 12.6. The summed E-state index contributed by atoms with van der Waals surface area (Å²) in [5, 5.41) is 17.7. The molecule has 2 aromatic heterocycles. The Kier molecular flexibility index (Phi) is 4.67. The van der Waals surface area contributed by atoms with Crippen LogP contribution >= 0.6 is 0 Å². The monoisotopic (exact) mass is 355 g/mol. The van der Waals surface area contributed by atoms with Crippen LogP contribution in [-0.4, -0.2) is 62.0 Å². The van der Waals surface area contributed by atoms with Gasteiger partial charge in [0.05, 0.1) is 30.1 Å². The molecule has 0 radical (unpaired) electrons. The first-order valence-corrected chi connectivity index (χ1v) is 7.39. The van der Waals surface area contributed by atoms with Crippen LogP contribution in [0.4, 0.5) is 0 Å². The lowest BCUT2D eigenvalue weighted by molar-refractivity contribution is -0.124. The molecule has 0 bridgehead atoms. The molecule has 0 aliphatic rings. The fraction of sp³-hybridized carbons (Fsp3) is 0.125. The van der Waals surface area contributed by atoms with Crippen LogP contribution in [0.25, 0.3) is 16.6 Å². The van der Waals surface area contributed by atoms with E-state index in [9.17, 15) is 14.4 Å². The summed E-state index contributed by atoms with van der Waals surface area (Å²) in [5.41, 5.74) is 1.11. The molecule has 10 heteroatoms. The maximum Gasteiger partial charge on any atom is 0.358 e. The summed E-state index contributed by atoms with van der Waals surface area (Å²) in [7, 11) is 1.29. The minimum atomic E-state index is -1.20. The standard InChI is InChI=1S/C16H13N5O5/c1-26-21(6-7-22)15(23)11-4-5-17-13-3-2-10(8-12(11)13)20-9-14(16(24)25)18-19-20/h2-5,7-9H,6H2,1H3,(H,24,25). The van der Waals surface area contributed by atoms with Crippen molar-refractivity contribution in [2.24, 2.45) is 0 Å². The number of hydroxylamine groups is 2. The number of benzene rings is 1. The van der Waals surface area contributed by atoms with Gasteiger partial charge >= 0.3 is 5.97 Å². The van der Waals surface area contributed by atoms with Crippen molar-refractivity contribution in [2.75, 3.05) is 13.7 Å². The summed E-state index contributed by atoms with van der Waals surface area (Å²) in [6.45, 7) is -0.218. The number of carboxylic acid groups (broad SMARTS) is 1. The predicted octanol–water partition coefficient (Wildman–Crippen LogP) is 0.716. The largest absolute Gasteiger partial charge is 0.476 e. The van der Waals surface area contributed by atoms with Crippen molar-refractivity contribution in [1.29, 1.82) is 0 Å². The summed E-state index contributed by atoms with van der Waals surface area (Å²) in [6.07, 6.45) is 3.29. The van der Waals surface area contributed by atoms with Gasteiger partial charge < -0.3 is 9.90 Å². The molecule has 0 saturated heterocycles. The Labute approximate surface area is 146 Å². The number of nitrogens with zero attached hydrogens (tertiary/aromatic N) is 5. The normalized spacial score (nSPS) is 10.7. The molecule has 1 aromatic carbocycles. The Hall–Kier alpha value is -3.66.